The van der Waals surface area contributed by atoms with Gasteiger partial charge in [-0.1, -0.05) is 18.2 Å². The minimum Gasteiger partial charge on any atom is -0.443 e. The average Bonchev–Trinajstić information content (AvgIpc) is 2.72. The van der Waals surface area contributed by atoms with Crippen molar-refractivity contribution in [3.63, 3.8) is 0 Å². The van der Waals surface area contributed by atoms with Crippen molar-refractivity contribution in [1.29, 1.82) is 0 Å². The highest BCUT2D eigenvalue weighted by molar-refractivity contribution is 5.87. The highest BCUT2D eigenvalue weighted by Crippen LogP contribution is 2.22. The number of ether oxygens (including phenoxy) is 2. The summed E-state index contributed by atoms with van der Waals surface area (Å²) in [5.74, 6) is 0.392. The lowest BCUT2D eigenvalue weighted by atomic mass is 10.1. The molecule has 0 atom stereocenters. The predicted molar refractivity (Wildman–Crippen MR) is 106 cm³/mol. The number of carbonyl (C=O) groups excluding carboxylic acids is 1. The summed E-state index contributed by atoms with van der Waals surface area (Å²) in [5.41, 5.74) is 12.9. The predicted octanol–water partition coefficient (Wildman–Crippen LogP) is 1.67. The maximum absolute atomic E-state index is 11.4. The third kappa shape index (κ3) is 5.17. The standard InChI is InChI=1S/C19H24N6O3/c1-27-16-5-7-25(8-6-16)18-22-10-15(11-23-18)14-4-2-3-13(9-14)12-28-19(26)24-17(20)21/h2-4,9-11,16H,5-8,12H2,1H3,(H4,20,21,24,26). The number of hydrogen-bond acceptors (Lipinski definition) is 6. The molecule has 1 aliphatic rings. The molecule has 9 nitrogen and oxygen atoms in total. The zero-order valence-corrected chi connectivity index (χ0v) is 15.7. The molecule has 0 unspecified atom stereocenters. The number of benzene rings is 1. The highest BCUT2D eigenvalue weighted by Gasteiger charge is 2.20. The second-order valence-electron chi connectivity index (χ2n) is 6.49. The van der Waals surface area contributed by atoms with Gasteiger partial charge in [0.1, 0.15) is 6.61 Å². The zero-order valence-electron chi connectivity index (χ0n) is 15.7. The van der Waals surface area contributed by atoms with Crippen LogP contribution < -0.4 is 16.4 Å². The summed E-state index contributed by atoms with van der Waals surface area (Å²) in [5, 5.41) is 0. The third-order valence-electron chi connectivity index (χ3n) is 4.54. The molecule has 0 radical (unpaired) electrons. The van der Waals surface area contributed by atoms with E-state index in [1.165, 1.54) is 0 Å². The van der Waals surface area contributed by atoms with Crippen molar-refractivity contribution in [1.82, 2.24) is 9.97 Å². The van der Waals surface area contributed by atoms with Gasteiger partial charge >= 0.3 is 6.09 Å². The van der Waals surface area contributed by atoms with Crippen molar-refractivity contribution < 1.29 is 14.3 Å². The lowest BCUT2D eigenvalue weighted by Crippen LogP contribution is -2.37. The van der Waals surface area contributed by atoms with Crippen LogP contribution >= 0.6 is 0 Å². The van der Waals surface area contributed by atoms with Gasteiger partial charge in [-0.05, 0) is 30.0 Å². The van der Waals surface area contributed by atoms with Crippen molar-refractivity contribution in [2.75, 3.05) is 25.1 Å². The van der Waals surface area contributed by atoms with Gasteiger partial charge in [0.2, 0.25) is 5.95 Å². The van der Waals surface area contributed by atoms with Crippen LogP contribution in [-0.2, 0) is 16.1 Å². The van der Waals surface area contributed by atoms with Crippen molar-refractivity contribution in [3.8, 4) is 11.1 Å². The van der Waals surface area contributed by atoms with E-state index in [-0.39, 0.29) is 12.6 Å². The lowest BCUT2D eigenvalue weighted by Gasteiger charge is -2.31. The van der Waals surface area contributed by atoms with E-state index < -0.39 is 6.09 Å². The van der Waals surface area contributed by atoms with Crippen LogP contribution in [0.15, 0.2) is 41.7 Å². The molecule has 0 aliphatic carbocycles. The second-order valence-corrected chi connectivity index (χ2v) is 6.49. The van der Waals surface area contributed by atoms with E-state index in [1.54, 1.807) is 19.5 Å². The first-order valence-corrected chi connectivity index (χ1v) is 9.00. The van der Waals surface area contributed by atoms with Gasteiger partial charge in [-0.25, -0.2) is 14.8 Å². The van der Waals surface area contributed by atoms with Crippen LogP contribution in [0.2, 0.25) is 0 Å². The van der Waals surface area contributed by atoms with Gasteiger partial charge in [0.05, 0.1) is 6.10 Å². The summed E-state index contributed by atoms with van der Waals surface area (Å²) >= 11 is 0. The van der Waals surface area contributed by atoms with Crippen LogP contribution in [0.5, 0.6) is 0 Å². The molecular weight excluding hydrogens is 360 g/mol. The van der Waals surface area contributed by atoms with Crippen molar-refractivity contribution >= 4 is 18.0 Å². The van der Waals surface area contributed by atoms with Crippen molar-refractivity contribution in [3.05, 3.63) is 42.2 Å². The Balaban J connectivity index is 1.64. The minimum atomic E-state index is -0.824. The summed E-state index contributed by atoms with van der Waals surface area (Å²) in [6, 6.07) is 7.58. The topological polar surface area (TPSA) is 129 Å². The maximum atomic E-state index is 11.4. The first-order chi connectivity index (χ1) is 13.5. The van der Waals surface area contributed by atoms with E-state index in [2.05, 4.69) is 19.9 Å². The fourth-order valence-corrected chi connectivity index (χ4v) is 3.05. The zero-order chi connectivity index (χ0) is 19.9. The number of aliphatic imine (C=N–C) groups is 1. The van der Waals surface area contributed by atoms with Crippen LogP contribution in [-0.4, -0.2) is 48.3 Å². The number of methoxy groups -OCH3 is 1. The lowest BCUT2D eigenvalue weighted by molar-refractivity contribution is 0.0816. The molecule has 0 bridgehead atoms. The molecule has 28 heavy (non-hydrogen) atoms. The molecule has 1 fully saturated rings. The number of nitrogens with two attached hydrogens (primary N) is 2. The maximum Gasteiger partial charge on any atom is 0.437 e. The van der Waals surface area contributed by atoms with Gasteiger partial charge in [-0.3, -0.25) is 0 Å². The smallest absolute Gasteiger partial charge is 0.437 e. The summed E-state index contributed by atoms with van der Waals surface area (Å²) in [6.45, 7) is 1.83. The fourth-order valence-electron chi connectivity index (χ4n) is 3.05. The Labute approximate surface area is 163 Å². The normalized spacial score (nSPS) is 14.5. The number of carbonyl (C=O) groups is 1. The highest BCUT2D eigenvalue weighted by atomic mass is 16.5. The average molecular weight is 384 g/mol. The molecular formula is C19H24N6O3. The molecule has 0 saturated carbocycles. The van der Waals surface area contributed by atoms with Crippen LogP contribution in [0.1, 0.15) is 18.4 Å². The monoisotopic (exact) mass is 384 g/mol. The van der Waals surface area contributed by atoms with Crippen molar-refractivity contribution in [2.24, 2.45) is 16.5 Å². The summed E-state index contributed by atoms with van der Waals surface area (Å²) in [6.07, 6.45) is 5.05. The minimum absolute atomic E-state index is 0.0663. The van der Waals surface area contributed by atoms with E-state index >= 15 is 0 Å². The molecule has 2 aromatic rings. The van der Waals surface area contributed by atoms with Crippen LogP contribution in [0.4, 0.5) is 10.7 Å². The Hall–Kier alpha value is -3.20. The molecule has 1 amide bonds. The number of amides is 1. The Morgan fingerprint density at radius 2 is 1.93 bits per heavy atom. The first-order valence-electron chi connectivity index (χ1n) is 9.00. The Bertz CT molecular complexity index is 828. The molecule has 148 valence electrons. The Morgan fingerprint density at radius 1 is 1.21 bits per heavy atom. The van der Waals surface area contributed by atoms with Gasteiger partial charge < -0.3 is 25.8 Å². The van der Waals surface area contributed by atoms with E-state index in [9.17, 15) is 4.79 Å². The third-order valence-corrected chi connectivity index (χ3v) is 4.54. The number of anilines is 1. The van der Waals surface area contributed by atoms with E-state index in [0.717, 1.165) is 48.6 Å². The van der Waals surface area contributed by atoms with E-state index in [0.29, 0.717) is 6.10 Å². The molecule has 1 aliphatic heterocycles. The Morgan fingerprint density at radius 3 is 2.57 bits per heavy atom. The molecule has 0 spiro atoms. The molecule has 3 rings (SSSR count). The van der Waals surface area contributed by atoms with Gasteiger partial charge in [0.25, 0.3) is 0 Å². The summed E-state index contributed by atoms with van der Waals surface area (Å²) in [7, 11) is 1.75. The van der Waals surface area contributed by atoms with Crippen LogP contribution in [0.25, 0.3) is 11.1 Å². The summed E-state index contributed by atoms with van der Waals surface area (Å²) < 4.78 is 10.4. The van der Waals surface area contributed by atoms with Crippen LogP contribution in [0.3, 0.4) is 0 Å². The van der Waals surface area contributed by atoms with Crippen LogP contribution in [0, 0.1) is 0 Å². The van der Waals surface area contributed by atoms with Gasteiger partial charge in [0.15, 0.2) is 5.96 Å². The molecule has 9 heteroatoms. The quantitative estimate of drug-likeness (QED) is 0.588. The number of rotatable bonds is 5. The van der Waals surface area contributed by atoms with Gasteiger partial charge in [-0.15, -0.1) is 4.99 Å². The summed E-state index contributed by atoms with van der Waals surface area (Å²) in [4.78, 5) is 25.9. The Kier molecular flexibility index (Phi) is 6.38. The molecule has 1 aromatic heterocycles. The van der Waals surface area contributed by atoms with Gasteiger partial charge in [-0.2, -0.15) is 0 Å². The fraction of sp³-hybridized carbons (Fsp3) is 0.368. The number of piperidine rings is 1. The number of aromatic nitrogens is 2. The first kappa shape index (κ1) is 19.6. The molecule has 1 saturated heterocycles. The second kappa shape index (κ2) is 9.14. The SMILES string of the molecule is COC1CCN(c2ncc(-c3cccc(COC(=O)N=C(N)N)c3)cn2)CC1. The molecule has 4 N–H and O–H groups in total. The molecule has 2 heterocycles. The van der Waals surface area contributed by atoms with E-state index in [4.69, 9.17) is 20.9 Å². The number of guanidine groups is 1. The largest absolute Gasteiger partial charge is 0.443 e. The number of hydrogen-bond donors (Lipinski definition) is 2. The molecule has 1 aromatic carbocycles. The van der Waals surface area contributed by atoms with Gasteiger partial charge in [0, 0.05) is 38.2 Å². The van der Waals surface area contributed by atoms with E-state index in [1.807, 2.05) is 24.3 Å². The van der Waals surface area contributed by atoms with Crippen molar-refractivity contribution in [2.45, 2.75) is 25.6 Å². The number of nitrogens with zero attached hydrogens (tertiary/aromatic N) is 4.